The number of aliphatic carboxylic acids is 1. The highest BCUT2D eigenvalue weighted by Crippen LogP contribution is 2.25. The van der Waals surface area contributed by atoms with Crippen LogP contribution < -0.4 is 5.73 Å². The van der Waals surface area contributed by atoms with Crippen LogP contribution >= 0.6 is 0 Å². The van der Waals surface area contributed by atoms with Crippen LogP contribution in [0.15, 0.2) is 24.3 Å². The first-order valence-electron chi connectivity index (χ1n) is 5.90. The summed E-state index contributed by atoms with van der Waals surface area (Å²) in [5.74, 6) is -2.01. The fourth-order valence-electron chi connectivity index (χ4n) is 2.22. The van der Waals surface area contributed by atoms with E-state index in [4.69, 9.17) is 5.73 Å². The second-order valence-corrected chi connectivity index (χ2v) is 4.45. The number of carboxylic acids is 1. The minimum atomic E-state index is -1.12. The van der Waals surface area contributed by atoms with Crippen LogP contribution in [0.2, 0.25) is 0 Å². The van der Waals surface area contributed by atoms with E-state index in [2.05, 4.69) is 0 Å². The van der Waals surface area contributed by atoms with Crippen molar-refractivity contribution in [1.29, 1.82) is 0 Å². The molecule has 1 aromatic carbocycles. The lowest BCUT2D eigenvalue weighted by Gasteiger charge is -2.23. The highest BCUT2D eigenvalue weighted by atomic mass is 16.4. The molecule has 1 unspecified atom stereocenters. The van der Waals surface area contributed by atoms with E-state index in [0.29, 0.717) is 5.56 Å². The van der Waals surface area contributed by atoms with Crippen LogP contribution in [0, 0.1) is 0 Å². The van der Waals surface area contributed by atoms with Crippen molar-refractivity contribution < 1.29 is 19.5 Å². The predicted molar refractivity (Wildman–Crippen MR) is 66.2 cm³/mol. The minimum Gasteiger partial charge on any atom is -0.480 e. The van der Waals surface area contributed by atoms with Gasteiger partial charge in [0.2, 0.25) is 5.91 Å². The molecule has 1 aromatic rings. The first-order chi connectivity index (χ1) is 9.00. The number of nitrogens with two attached hydrogens (primary N) is 1. The van der Waals surface area contributed by atoms with Crippen LogP contribution in [0.4, 0.5) is 0 Å². The van der Waals surface area contributed by atoms with Crippen LogP contribution in [0.25, 0.3) is 0 Å². The maximum Gasteiger partial charge on any atom is 0.326 e. The van der Waals surface area contributed by atoms with Gasteiger partial charge in [0, 0.05) is 18.5 Å². The molecule has 2 rings (SSSR count). The molecule has 6 heteroatoms. The Morgan fingerprint density at radius 3 is 2.63 bits per heavy atom. The Labute approximate surface area is 109 Å². The normalized spacial score (nSPS) is 15.2. The number of hydrogen-bond acceptors (Lipinski definition) is 3. The molecular weight excluding hydrogens is 248 g/mol. The van der Waals surface area contributed by atoms with Gasteiger partial charge in [0.15, 0.2) is 0 Å². The number of nitrogens with zero attached hydrogens (tertiary/aromatic N) is 1. The number of rotatable bonds is 5. The Hall–Kier alpha value is -2.37. The maximum atomic E-state index is 12.1. The van der Waals surface area contributed by atoms with E-state index in [9.17, 15) is 19.5 Å². The summed E-state index contributed by atoms with van der Waals surface area (Å²) < 4.78 is 0. The van der Waals surface area contributed by atoms with Gasteiger partial charge in [0.05, 0.1) is 0 Å². The van der Waals surface area contributed by atoms with Crippen LogP contribution in [0.1, 0.15) is 28.8 Å². The van der Waals surface area contributed by atoms with Crippen molar-refractivity contribution in [1.82, 2.24) is 4.90 Å². The van der Waals surface area contributed by atoms with Gasteiger partial charge < -0.3 is 15.7 Å². The smallest absolute Gasteiger partial charge is 0.326 e. The first kappa shape index (κ1) is 13.1. The number of amides is 2. The summed E-state index contributed by atoms with van der Waals surface area (Å²) in [5, 5.41) is 9.20. The standard InChI is InChI=1S/C13H14N2O4/c14-11(16)6-5-10(13(18)19)15-7-8-3-1-2-4-9(8)12(15)17/h1-4,10H,5-7H2,(H2,14,16)(H,18,19). The summed E-state index contributed by atoms with van der Waals surface area (Å²) in [5.41, 5.74) is 6.35. The Bertz CT molecular complexity index is 541. The number of hydrogen-bond donors (Lipinski definition) is 2. The number of carboxylic acid groups (broad SMARTS) is 1. The van der Waals surface area contributed by atoms with Crippen LogP contribution in [-0.4, -0.2) is 33.8 Å². The monoisotopic (exact) mass is 262 g/mol. The second-order valence-electron chi connectivity index (χ2n) is 4.45. The molecule has 0 aromatic heterocycles. The van der Waals surface area contributed by atoms with E-state index in [-0.39, 0.29) is 25.3 Å². The predicted octanol–water partition coefficient (Wildman–Crippen LogP) is 0.361. The lowest BCUT2D eigenvalue weighted by atomic mass is 10.1. The molecule has 1 aliphatic heterocycles. The third kappa shape index (κ3) is 2.57. The molecule has 0 bridgehead atoms. The Kier molecular flexibility index (Phi) is 3.50. The Morgan fingerprint density at radius 2 is 2.05 bits per heavy atom. The van der Waals surface area contributed by atoms with Gasteiger partial charge in [-0.2, -0.15) is 0 Å². The van der Waals surface area contributed by atoms with Gasteiger partial charge in [-0.15, -0.1) is 0 Å². The van der Waals surface area contributed by atoms with Gasteiger partial charge in [-0.1, -0.05) is 18.2 Å². The molecule has 3 N–H and O–H groups in total. The molecule has 1 heterocycles. The molecule has 0 saturated heterocycles. The quantitative estimate of drug-likeness (QED) is 0.800. The number of benzene rings is 1. The Balaban J connectivity index is 2.19. The first-order valence-corrected chi connectivity index (χ1v) is 5.90. The summed E-state index contributed by atoms with van der Waals surface area (Å²) in [7, 11) is 0. The number of primary amides is 1. The largest absolute Gasteiger partial charge is 0.480 e. The molecule has 1 aliphatic rings. The molecule has 0 saturated carbocycles. The van der Waals surface area contributed by atoms with E-state index >= 15 is 0 Å². The molecular formula is C13H14N2O4. The SMILES string of the molecule is NC(=O)CCC(C(=O)O)N1Cc2ccccc2C1=O. The van der Waals surface area contributed by atoms with Crippen molar-refractivity contribution in [2.24, 2.45) is 5.73 Å². The van der Waals surface area contributed by atoms with E-state index in [1.807, 2.05) is 0 Å². The van der Waals surface area contributed by atoms with E-state index < -0.39 is 17.9 Å². The van der Waals surface area contributed by atoms with E-state index in [1.165, 1.54) is 4.90 Å². The van der Waals surface area contributed by atoms with Gasteiger partial charge >= 0.3 is 5.97 Å². The lowest BCUT2D eigenvalue weighted by Crippen LogP contribution is -2.41. The molecule has 0 aliphatic carbocycles. The molecule has 100 valence electrons. The van der Waals surface area contributed by atoms with Crippen molar-refractivity contribution in [3.8, 4) is 0 Å². The zero-order valence-electron chi connectivity index (χ0n) is 10.2. The average molecular weight is 262 g/mol. The summed E-state index contributed by atoms with van der Waals surface area (Å²) in [6.07, 6.45) is -0.0263. The highest BCUT2D eigenvalue weighted by Gasteiger charge is 2.35. The number of carbonyl (C=O) groups excluding carboxylic acids is 2. The highest BCUT2D eigenvalue weighted by molar-refractivity contribution is 6.00. The average Bonchev–Trinajstić information content (AvgIpc) is 2.67. The minimum absolute atomic E-state index is 0.0321. The fraction of sp³-hybridized carbons (Fsp3) is 0.308. The van der Waals surface area contributed by atoms with Gasteiger partial charge in [-0.05, 0) is 18.1 Å². The van der Waals surface area contributed by atoms with Crippen molar-refractivity contribution >= 4 is 17.8 Å². The molecule has 2 amide bonds. The third-order valence-electron chi connectivity index (χ3n) is 3.17. The zero-order valence-corrected chi connectivity index (χ0v) is 10.2. The molecule has 0 radical (unpaired) electrons. The third-order valence-corrected chi connectivity index (χ3v) is 3.17. The van der Waals surface area contributed by atoms with Crippen LogP contribution in [0.5, 0.6) is 0 Å². The Morgan fingerprint density at radius 1 is 1.37 bits per heavy atom. The maximum absolute atomic E-state index is 12.1. The van der Waals surface area contributed by atoms with Crippen molar-refractivity contribution in [2.75, 3.05) is 0 Å². The summed E-state index contributed by atoms with van der Waals surface area (Å²) >= 11 is 0. The molecule has 0 fully saturated rings. The van der Waals surface area contributed by atoms with Crippen LogP contribution in [0.3, 0.4) is 0 Å². The van der Waals surface area contributed by atoms with Gasteiger partial charge in [0.25, 0.3) is 5.91 Å². The van der Waals surface area contributed by atoms with E-state index in [1.54, 1.807) is 24.3 Å². The van der Waals surface area contributed by atoms with Gasteiger partial charge in [-0.25, -0.2) is 4.79 Å². The summed E-state index contributed by atoms with van der Waals surface area (Å²) in [4.78, 5) is 35.4. The fourth-order valence-corrected chi connectivity index (χ4v) is 2.22. The van der Waals surface area contributed by atoms with Crippen molar-refractivity contribution in [2.45, 2.75) is 25.4 Å². The van der Waals surface area contributed by atoms with Gasteiger partial charge in [0.1, 0.15) is 6.04 Å². The molecule has 19 heavy (non-hydrogen) atoms. The molecule has 1 atom stereocenters. The second kappa shape index (κ2) is 5.09. The molecule has 6 nitrogen and oxygen atoms in total. The molecule has 0 spiro atoms. The van der Waals surface area contributed by atoms with E-state index in [0.717, 1.165) is 5.56 Å². The summed E-state index contributed by atoms with van der Waals surface area (Å²) in [6, 6.07) is 5.98. The zero-order chi connectivity index (χ0) is 14.0. The van der Waals surface area contributed by atoms with Gasteiger partial charge in [-0.3, -0.25) is 9.59 Å². The number of carbonyl (C=O) groups is 3. The number of fused-ring (bicyclic) bond motifs is 1. The van der Waals surface area contributed by atoms with Crippen molar-refractivity contribution in [3.05, 3.63) is 35.4 Å². The lowest BCUT2D eigenvalue weighted by molar-refractivity contribution is -0.142. The summed E-state index contributed by atoms with van der Waals surface area (Å²) in [6.45, 7) is 0.255. The topological polar surface area (TPSA) is 101 Å². The van der Waals surface area contributed by atoms with Crippen molar-refractivity contribution in [3.63, 3.8) is 0 Å². The van der Waals surface area contributed by atoms with Crippen LogP contribution in [-0.2, 0) is 16.1 Å².